The van der Waals surface area contributed by atoms with E-state index < -0.39 is 0 Å². The molecule has 82 valence electrons. The van der Waals surface area contributed by atoms with Crippen LogP contribution in [0.15, 0.2) is 47.6 Å². The van der Waals surface area contributed by atoms with Gasteiger partial charge >= 0.3 is 0 Å². The van der Waals surface area contributed by atoms with E-state index >= 15 is 0 Å². The summed E-state index contributed by atoms with van der Waals surface area (Å²) in [6.45, 7) is 4.41. The van der Waals surface area contributed by atoms with Crippen molar-refractivity contribution in [2.24, 2.45) is 0 Å². The molecule has 2 rings (SSSR count). The molecule has 1 aromatic heterocycles. The minimum absolute atomic E-state index is 0.514. The zero-order valence-corrected chi connectivity index (χ0v) is 10.4. The van der Waals surface area contributed by atoms with E-state index in [1.165, 1.54) is 11.1 Å². The number of nitrogens with zero attached hydrogens (tertiary/aromatic N) is 1. The summed E-state index contributed by atoms with van der Waals surface area (Å²) in [5, 5.41) is 0. The Morgan fingerprint density at radius 1 is 1.12 bits per heavy atom. The van der Waals surface area contributed by atoms with Crippen LogP contribution in [0.3, 0.4) is 0 Å². The third-order valence-electron chi connectivity index (χ3n) is 2.62. The molecule has 0 aliphatic carbocycles. The molecule has 0 fully saturated rings. The SMILES string of the molecule is CC(C)c1ccccc1-c1cncc(S)c1. The van der Waals surface area contributed by atoms with Crippen molar-refractivity contribution in [2.45, 2.75) is 24.7 Å². The van der Waals surface area contributed by atoms with Crippen LogP contribution in [0.2, 0.25) is 0 Å². The second-order valence-corrected chi connectivity index (χ2v) is 4.69. The van der Waals surface area contributed by atoms with Crippen molar-refractivity contribution in [3.05, 3.63) is 48.3 Å². The number of hydrogen-bond donors (Lipinski definition) is 1. The predicted molar refractivity (Wildman–Crippen MR) is 71.0 cm³/mol. The molecule has 0 aliphatic heterocycles. The average molecular weight is 229 g/mol. The standard InChI is InChI=1S/C14H15NS/c1-10(2)13-5-3-4-6-14(13)11-7-12(16)9-15-8-11/h3-10,16H,1-2H3. The summed E-state index contributed by atoms with van der Waals surface area (Å²) in [4.78, 5) is 5.08. The molecule has 16 heavy (non-hydrogen) atoms. The first-order valence-corrected chi connectivity index (χ1v) is 5.86. The molecule has 0 aliphatic rings. The lowest BCUT2D eigenvalue weighted by Crippen LogP contribution is -1.92. The number of thiol groups is 1. The Labute approximate surface area is 102 Å². The first-order chi connectivity index (χ1) is 7.68. The van der Waals surface area contributed by atoms with Gasteiger partial charge in [0.05, 0.1) is 0 Å². The van der Waals surface area contributed by atoms with Gasteiger partial charge in [0.15, 0.2) is 0 Å². The molecule has 0 atom stereocenters. The van der Waals surface area contributed by atoms with E-state index in [1.807, 2.05) is 6.20 Å². The molecule has 0 saturated heterocycles. The molecule has 2 aromatic rings. The summed E-state index contributed by atoms with van der Waals surface area (Å²) in [5.41, 5.74) is 3.74. The molecule has 0 saturated carbocycles. The maximum absolute atomic E-state index is 4.33. The van der Waals surface area contributed by atoms with Gasteiger partial charge in [0, 0.05) is 22.9 Å². The lowest BCUT2D eigenvalue weighted by Gasteiger charge is -2.12. The fourth-order valence-corrected chi connectivity index (χ4v) is 2.04. The molecule has 0 spiro atoms. The zero-order chi connectivity index (χ0) is 11.5. The van der Waals surface area contributed by atoms with E-state index in [0.29, 0.717) is 5.92 Å². The summed E-state index contributed by atoms with van der Waals surface area (Å²) >= 11 is 4.33. The van der Waals surface area contributed by atoms with Crippen LogP contribution in [0.5, 0.6) is 0 Å². The molecular formula is C14H15NS. The monoisotopic (exact) mass is 229 g/mol. The van der Waals surface area contributed by atoms with E-state index in [0.717, 1.165) is 10.5 Å². The van der Waals surface area contributed by atoms with Crippen LogP contribution in [-0.4, -0.2) is 4.98 Å². The highest BCUT2D eigenvalue weighted by Gasteiger charge is 2.07. The van der Waals surface area contributed by atoms with Gasteiger partial charge in [-0.25, -0.2) is 0 Å². The molecular weight excluding hydrogens is 214 g/mol. The van der Waals surface area contributed by atoms with Crippen LogP contribution in [0.1, 0.15) is 25.3 Å². The molecule has 1 nitrogen and oxygen atoms in total. The van der Waals surface area contributed by atoms with Crippen LogP contribution >= 0.6 is 12.6 Å². The summed E-state index contributed by atoms with van der Waals surface area (Å²) in [6, 6.07) is 10.5. The molecule has 0 radical (unpaired) electrons. The molecule has 0 bridgehead atoms. The third-order valence-corrected chi connectivity index (χ3v) is 2.86. The molecule has 0 amide bonds. The van der Waals surface area contributed by atoms with E-state index in [2.05, 4.69) is 61.8 Å². The van der Waals surface area contributed by atoms with Crippen LogP contribution in [0, 0.1) is 0 Å². The number of aromatic nitrogens is 1. The van der Waals surface area contributed by atoms with Crippen molar-refractivity contribution in [1.82, 2.24) is 4.98 Å². The van der Waals surface area contributed by atoms with Crippen LogP contribution in [-0.2, 0) is 0 Å². The van der Waals surface area contributed by atoms with Gasteiger partial charge in [0.1, 0.15) is 0 Å². The second kappa shape index (κ2) is 4.71. The minimum Gasteiger partial charge on any atom is -0.263 e. The molecule has 0 unspecified atom stereocenters. The Bertz CT molecular complexity index is 492. The molecule has 1 heterocycles. The predicted octanol–water partition coefficient (Wildman–Crippen LogP) is 4.16. The fraction of sp³-hybridized carbons (Fsp3) is 0.214. The van der Waals surface area contributed by atoms with E-state index in [4.69, 9.17) is 0 Å². The highest BCUT2D eigenvalue weighted by Crippen LogP contribution is 2.29. The van der Waals surface area contributed by atoms with Crippen LogP contribution in [0.25, 0.3) is 11.1 Å². The van der Waals surface area contributed by atoms with E-state index in [9.17, 15) is 0 Å². The Morgan fingerprint density at radius 2 is 1.88 bits per heavy atom. The summed E-state index contributed by atoms with van der Waals surface area (Å²) in [7, 11) is 0. The quantitative estimate of drug-likeness (QED) is 0.763. The Balaban J connectivity index is 2.55. The van der Waals surface area contributed by atoms with Crippen molar-refractivity contribution >= 4 is 12.6 Å². The zero-order valence-electron chi connectivity index (χ0n) is 9.51. The van der Waals surface area contributed by atoms with Gasteiger partial charge in [-0.1, -0.05) is 38.1 Å². The van der Waals surface area contributed by atoms with Gasteiger partial charge in [-0.05, 0) is 23.1 Å². The highest BCUT2D eigenvalue weighted by molar-refractivity contribution is 7.80. The smallest absolute Gasteiger partial charge is 0.0401 e. The normalized spacial score (nSPS) is 10.8. The van der Waals surface area contributed by atoms with Gasteiger partial charge in [0.25, 0.3) is 0 Å². The van der Waals surface area contributed by atoms with E-state index in [-0.39, 0.29) is 0 Å². The molecule has 1 aromatic carbocycles. The van der Waals surface area contributed by atoms with Crippen LogP contribution < -0.4 is 0 Å². The number of benzene rings is 1. The lowest BCUT2D eigenvalue weighted by atomic mass is 9.93. The van der Waals surface area contributed by atoms with Crippen LogP contribution in [0.4, 0.5) is 0 Å². The van der Waals surface area contributed by atoms with Gasteiger partial charge in [-0.2, -0.15) is 0 Å². The fourth-order valence-electron chi connectivity index (χ4n) is 1.84. The summed E-state index contributed by atoms with van der Waals surface area (Å²) in [5.74, 6) is 0.514. The van der Waals surface area contributed by atoms with Crippen molar-refractivity contribution < 1.29 is 0 Å². The van der Waals surface area contributed by atoms with Crippen molar-refractivity contribution in [3.8, 4) is 11.1 Å². The molecule has 0 N–H and O–H groups in total. The molecule has 2 heteroatoms. The topological polar surface area (TPSA) is 12.9 Å². The lowest BCUT2D eigenvalue weighted by molar-refractivity contribution is 0.869. The van der Waals surface area contributed by atoms with Crippen molar-refractivity contribution in [2.75, 3.05) is 0 Å². The Kier molecular flexibility index (Phi) is 3.30. The van der Waals surface area contributed by atoms with E-state index in [1.54, 1.807) is 6.20 Å². The largest absolute Gasteiger partial charge is 0.263 e. The van der Waals surface area contributed by atoms with Gasteiger partial charge in [-0.15, -0.1) is 12.6 Å². The maximum Gasteiger partial charge on any atom is 0.0401 e. The Hall–Kier alpha value is -1.28. The second-order valence-electron chi connectivity index (χ2n) is 4.17. The van der Waals surface area contributed by atoms with Gasteiger partial charge in [-0.3, -0.25) is 4.98 Å². The Morgan fingerprint density at radius 3 is 2.56 bits per heavy atom. The van der Waals surface area contributed by atoms with Gasteiger partial charge in [0.2, 0.25) is 0 Å². The number of rotatable bonds is 2. The van der Waals surface area contributed by atoms with Crippen molar-refractivity contribution in [3.63, 3.8) is 0 Å². The number of hydrogen-bond acceptors (Lipinski definition) is 2. The summed E-state index contributed by atoms with van der Waals surface area (Å²) in [6.07, 6.45) is 3.64. The number of pyridine rings is 1. The van der Waals surface area contributed by atoms with Gasteiger partial charge < -0.3 is 0 Å². The highest BCUT2D eigenvalue weighted by atomic mass is 32.1. The third kappa shape index (κ3) is 2.27. The first kappa shape index (κ1) is 11.2. The minimum atomic E-state index is 0.514. The van der Waals surface area contributed by atoms with Crippen molar-refractivity contribution in [1.29, 1.82) is 0 Å². The first-order valence-electron chi connectivity index (χ1n) is 5.42. The maximum atomic E-state index is 4.33. The summed E-state index contributed by atoms with van der Waals surface area (Å²) < 4.78 is 0. The average Bonchev–Trinajstić information content (AvgIpc) is 2.29.